The van der Waals surface area contributed by atoms with Gasteiger partial charge in [0.25, 0.3) is 17.7 Å². The van der Waals surface area contributed by atoms with Crippen LogP contribution in [0, 0.1) is 0 Å². The summed E-state index contributed by atoms with van der Waals surface area (Å²) in [5.74, 6) is -1.44. The number of hydrogen-bond donors (Lipinski definition) is 1. The van der Waals surface area contributed by atoms with Gasteiger partial charge in [-0.05, 0) is 37.4 Å². The number of nitrogens with one attached hydrogen (secondary N) is 1. The SMILES string of the molecule is CSC1=NC(C)(CON2C(=O)c3ccccc3C2=O)C(=O)N1Nc1ccccc1. The second-order valence-electron chi connectivity index (χ2n) is 6.71. The summed E-state index contributed by atoms with van der Waals surface area (Å²) in [6.07, 6.45) is 1.81. The maximum Gasteiger partial charge on any atom is 0.285 e. The first-order valence-electron chi connectivity index (χ1n) is 8.85. The molecule has 0 aromatic heterocycles. The highest BCUT2D eigenvalue weighted by molar-refractivity contribution is 8.13. The number of para-hydroxylation sites is 1. The molecule has 1 unspecified atom stereocenters. The molecule has 2 heterocycles. The average molecular weight is 410 g/mol. The van der Waals surface area contributed by atoms with Crippen LogP contribution in [0.3, 0.4) is 0 Å². The second-order valence-corrected chi connectivity index (χ2v) is 7.49. The first-order valence-corrected chi connectivity index (χ1v) is 10.1. The Morgan fingerprint density at radius 2 is 1.59 bits per heavy atom. The van der Waals surface area contributed by atoms with Crippen molar-refractivity contribution in [1.29, 1.82) is 0 Å². The van der Waals surface area contributed by atoms with E-state index in [1.807, 2.05) is 36.6 Å². The van der Waals surface area contributed by atoms with Crippen molar-refractivity contribution >= 4 is 40.3 Å². The number of hydrogen-bond acceptors (Lipinski definition) is 7. The largest absolute Gasteiger partial charge is 0.289 e. The molecule has 2 aliphatic rings. The summed E-state index contributed by atoms with van der Waals surface area (Å²) in [6.45, 7) is 1.35. The molecule has 0 aliphatic carbocycles. The molecule has 9 heteroatoms. The molecule has 0 radical (unpaired) electrons. The molecule has 0 spiro atoms. The first kappa shape index (κ1) is 19.2. The number of amides is 3. The number of benzene rings is 2. The summed E-state index contributed by atoms with van der Waals surface area (Å²) in [4.78, 5) is 47.9. The molecule has 4 rings (SSSR count). The molecule has 0 bridgehead atoms. The van der Waals surface area contributed by atoms with Crippen LogP contribution in [0.5, 0.6) is 0 Å². The highest BCUT2D eigenvalue weighted by atomic mass is 32.2. The number of imide groups is 1. The molecule has 3 amide bonds. The third-order valence-electron chi connectivity index (χ3n) is 4.63. The predicted octanol–water partition coefficient (Wildman–Crippen LogP) is 2.56. The fourth-order valence-electron chi connectivity index (χ4n) is 3.08. The third kappa shape index (κ3) is 3.28. The third-order valence-corrected chi connectivity index (χ3v) is 5.27. The first-order chi connectivity index (χ1) is 13.9. The van der Waals surface area contributed by atoms with E-state index in [4.69, 9.17) is 4.84 Å². The van der Waals surface area contributed by atoms with Gasteiger partial charge in [-0.3, -0.25) is 24.6 Å². The molecule has 2 aromatic carbocycles. The van der Waals surface area contributed by atoms with Gasteiger partial charge in [0.1, 0.15) is 6.61 Å². The average Bonchev–Trinajstić information content (AvgIpc) is 3.13. The van der Waals surface area contributed by atoms with Gasteiger partial charge in [-0.25, -0.2) is 4.99 Å². The number of anilines is 1. The monoisotopic (exact) mass is 410 g/mol. The Kier molecular flexibility index (Phi) is 4.85. The van der Waals surface area contributed by atoms with Crippen molar-refractivity contribution in [3.63, 3.8) is 0 Å². The van der Waals surface area contributed by atoms with Crippen LogP contribution in [0.4, 0.5) is 5.69 Å². The number of carbonyl (C=O) groups is 3. The van der Waals surface area contributed by atoms with Crippen LogP contribution in [0.25, 0.3) is 0 Å². The van der Waals surface area contributed by atoms with Crippen LogP contribution < -0.4 is 5.43 Å². The van der Waals surface area contributed by atoms with E-state index < -0.39 is 17.4 Å². The van der Waals surface area contributed by atoms with Gasteiger partial charge in [0.05, 0.1) is 16.8 Å². The minimum Gasteiger partial charge on any atom is -0.289 e. The van der Waals surface area contributed by atoms with Crippen LogP contribution in [0.15, 0.2) is 59.6 Å². The number of carbonyl (C=O) groups excluding carboxylic acids is 3. The Morgan fingerprint density at radius 3 is 2.17 bits per heavy atom. The molecule has 0 saturated carbocycles. The number of thioether (sulfide) groups is 1. The predicted molar refractivity (Wildman–Crippen MR) is 109 cm³/mol. The molecule has 1 atom stereocenters. The standard InChI is InChI=1S/C20H18N4O4S/c1-20(12-28-24-16(25)14-10-6-7-11-15(14)17(24)26)18(27)23(19(21-20)29-2)22-13-8-4-3-5-9-13/h3-11,22H,12H2,1-2H3. The minimum atomic E-state index is -1.28. The smallest absolute Gasteiger partial charge is 0.285 e. The molecular formula is C20H18N4O4S. The summed E-state index contributed by atoms with van der Waals surface area (Å²) < 4.78 is 0. The lowest BCUT2D eigenvalue weighted by Crippen LogP contribution is -2.47. The Hall–Kier alpha value is -3.17. The van der Waals surface area contributed by atoms with E-state index in [-0.39, 0.29) is 23.6 Å². The summed E-state index contributed by atoms with van der Waals surface area (Å²) >= 11 is 1.30. The lowest BCUT2D eigenvalue weighted by molar-refractivity contribution is -0.140. The summed E-state index contributed by atoms with van der Waals surface area (Å²) in [5.41, 5.74) is 3.04. The highest BCUT2D eigenvalue weighted by Gasteiger charge is 2.47. The summed E-state index contributed by atoms with van der Waals surface area (Å²) in [5, 5.41) is 2.52. The van der Waals surface area contributed by atoms with Gasteiger partial charge in [0.2, 0.25) is 0 Å². The Bertz CT molecular complexity index is 991. The van der Waals surface area contributed by atoms with Crippen molar-refractivity contribution in [2.75, 3.05) is 18.3 Å². The number of aliphatic imine (C=N–C) groups is 1. The number of amidine groups is 1. The number of nitrogens with zero attached hydrogens (tertiary/aromatic N) is 3. The van der Waals surface area contributed by atoms with Gasteiger partial charge in [-0.15, -0.1) is 5.06 Å². The fraction of sp³-hybridized carbons (Fsp3) is 0.200. The maximum absolute atomic E-state index is 13.1. The van der Waals surface area contributed by atoms with Gasteiger partial charge < -0.3 is 0 Å². The maximum atomic E-state index is 13.1. The van der Waals surface area contributed by atoms with Crippen LogP contribution in [-0.4, -0.2) is 51.4 Å². The molecule has 8 nitrogen and oxygen atoms in total. The van der Waals surface area contributed by atoms with Crippen molar-refractivity contribution in [2.45, 2.75) is 12.5 Å². The molecule has 2 aliphatic heterocycles. The lowest BCUT2D eigenvalue weighted by Gasteiger charge is -2.24. The van der Waals surface area contributed by atoms with Crippen molar-refractivity contribution in [3.8, 4) is 0 Å². The highest BCUT2D eigenvalue weighted by Crippen LogP contribution is 2.29. The van der Waals surface area contributed by atoms with E-state index in [2.05, 4.69) is 10.4 Å². The number of hydroxylamine groups is 2. The minimum absolute atomic E-state index is 0.256. The van der Waals surface area contributed by atoms with Crippen LogP contribution in [-0.2, 0) is 9.63 Å². The second kappa shape index (κ2) is 7.34. The molecule has 29 heavy (non-hydrogen) atoms. The fourth-order valence-corrected chi connectivity index (χ4v) is 3.69. The van der Waals surface area contributed by atoms with Crippen molar-refractivity contribution in [3.05, 3.63) is 65.7 Å². The van der Waals surface area contributed by atoms with Crippen LogP contribution in [0.1, 0.15) is 27.6 Å². The zero-order valence-corrected chi connectivity index (χ0v) is 16.6. The zero-order valence-electron chi connectivity index (χ0n) is 15.8. The number of rotatable bonds is 5. The molecule has 1 N–H and O–H groups in total. The molecule has 0 fully saturated rings. The Morgan fingerprint density at radius 1 is 1.00 bits per heavy atom. The van der Waals surface area contributed by atoms with Gasteiger partial charge in [-0.2, -0.15) is 5.01 Å². The Labute approximate surface area is 171 Å². The van der Waals surface area contributed by atoms with Crippen molar-refractivity contribution in [1.82, 2.24) is 10.1 Å². The Balaban J connectivity index is 1.50. The van der Waals surface area contributed by atoms with Crippen LogP contribution in [0.2, 0.25) is 0 Å². The van der Waals surface area contributed by atoms with E-state index >= 15 is 0 Å². The molecular weight excluding hydrogens is 392 g/mol. The van der Waals surface area contributed by atoms with Gasteiger partial charge >= 0.3 is 0 Å². The van der Waals surface area contributed by atoms with E-state index in [0.717, 1.165) is 5.69 Å². The topological polar surface area (TPSA) is 91.3 Å². The van der Waals surface area contributed by atoms with Gasteiger partial charge in [0, 0.05) is 0 Å². The lowest BCUT2D eigenvalue weighted by atomic mass is 10.1. The van der Waals surface area contributed by atoms with E-state index in [0.29, 0.717) is 10.2 Å². The quantitative estimate of drug-likeness (QED) is 0.762. The van der Waals surface area contributed by atoms with E-state index in [9.17, 15) is 14.4 Å². The van der Waals surface area contributed by atoms with Gasteiger partial charge in [0.15, 0.2) is 10.7 Å². The van der Waals surface area contributed by atoms with E-state index in [1.165, 1.54) is 16.8 Å². The zero-order chi connectivity index (χ0) is 20.6. The van der Waals surface area contributed by atoms with E-state index in [1.54, 1.807) is 31.2 Å². The van der Waals surface area contributed by atoms with Crippen molar-refractivity contribution in [2.24, 2.45) is 4.99 Å². The normalized spacial score (nSPS) is 20.9. The summed E-state index contributed by atoms with van der Waals surface area (Å²) in [7, 11) is 0. The summed E-state index contributed by atoms with van der Waals surface area (Å²) in [6, 6.07) is 15.7. The molecule has 148 valence electrons. The van der Waals surface area contributed by atoms with Crippen LogP contribution >= 0.6 is 11.8 Å². The number of fused-ring (bicyclic) bond motifs is 1. The number of hydrazine groups is 1. The molecule has 0 saturated heterocycles. The van der Waals surface area contributed by atoms with Crippen molar-refractivity contribution < 1.29 is 19.2 Å². The molecule has 2 aromatic rings. The van der Waals surface area contributed by atoms with Gasteiger partial charge in [-0.1, -0.05) is 42.1 Å².